The van der Waals surface area contributed by atoms with Crippen molar-refractivity contribution in [3.8, 4) is 0 Å². The van der Waals surface area contributed by atoms with Crippen molar-refractivity contribution < 1.29 is 23.0 Å². The van der Waals surface area contributed by atoms with Gasteiger partial charge in [0.2, 0.25) is 0 Å². The first-order valence-electron chi connectivity index (χ1n) is 2.84. The van der Waals surface area contributed by atoms with Gasteiger partial charge in [-0.25, -0.2) is 0 Å². The third kappa shape index (κ3) is 1.88. The van der Waals surface area contributed by atoms with E-state index in [-0.39, 0.29) is 0 Å². The van der Waals surface area contributed by atoms with E-state index < -0.39 is 0 Å². The van der Waals surface area contributed by atoms with E-state index in [1.807, 2.05) is 0 Å². The molecule has 1 aliphatic heterocycles. The summed E-state index contributed by atoms with van der Waals surface area (Å²) in [5.41, 5.74) is 0. The van der Waals surface area contributed by atoms with Crippen molar-refractivity contribution in [2.45, 2.75) is 24.0 Å². The SMILES string of the molecule is [Zn][CH]1CCCCO1. The molecule has 2 heteroatoms. The Kier molecular flexibility index (Phi) is 2.27. The molecule has 0 N–H and O–H groups in total. The minimum absolute atomic E-state index is 0.661. The molecular weight excluding hydrogens is 141 g/mol. The first kappa shape index (κ1) is 5.72. The number of hydrogen-bond donors (Lipinski definition) is 0. The third-order valence-electron chi connectivity index (χ3n) is 1.27. The summed E-state index contributed by atoms with van der Waals surface area (Å²) in [6, 6.07) is 0. The second-order valence-electron chi connectivity index (χ2n) is 1.99. The van der Waals surface area contributed by atoms with Crippen LogP contribution in [0.5, 0.6) is 0 Å². The van der Waals surface area contributed by atoms with E-state index in [1.165, 1.54) is 37.6 Å². The number of hydrogen-bond acceptors (Lipinski definition) is 1. The van der Waals surface area contributed by atoms with Gasteiger partial charge in [0.1, 0.15) is 0 Å². The Balaban J connectivity index is 2.12. The van der Waals surface area contributed by atoms with Crippen LogP contribution in [0.2, 0.25) is 0 Å². The Bertz CT molecular complexity index is 50.0. The molecular formula is C5H9OZn. The molecule has 0 saturated carbocycles. The molecule has 0 radical (unpaired) electrons. The first-order chi connectivity index (χ1) is 3.39. The molecule has 1 saturated heterocycles. The standard InChI is InChI=1S/C5H9O.Zn/c1-2-4-6-5-3-1;/h4H,1-3,5H2;. The fraction of sp³-hybridized carbons (Fsp3) is 1.00. The second-order valence-corrected chi connectivity index (χ2v) is 3.90. The summed E-state index contributed by atoms with van der Waals surface area (Å²) in [5, 5.41) is 0. The molecule has 0 aromatic rings. The zero-order valence-corrected chi connectivity index (χ0v) is 7.49. The van der Waals surface area contributed by atoms with Gasteiger partial charge in [0.25, 0.3) is 0 Å². The van der Waals surface area contributed by atoms with E-state index in [0.29, 0.717) is 4.70 Å². The first-order valence-corrected chi connectivity index (χ1v) is 4.55. The van der Waals surface area contributed by atoms with Crippen molar-refractivity contribution in [3.63, 3.8) is 0 Å². The molecule has 1 fully saturated rings. The van der Waals surface area contributed by atoms with Crippen molar-refractivity contribution in [1.29, 1.82) is 0 Å². The summed E-state index contributed by atoms with van der Waals surface area (Å²) in [5.74, 6) is 0. The van der Waals surface area contributed by atoms with Crippen molar-refractivity contribution in [2.24, 2.45) is 0 Å². The molecule has 1 aliphatic rings. The van der Waals surface area contributed by atoms with Gasteiger partial charge in [-0.15, -0.1) is 0 Å². The maximum atomic E-state index is 5.33. The van der Waals surface area contributed by atoms with Crippen LogP contribution < -0.4 is 0 Å². The Morgan fingerprint density at radius 3 is 2.57 bits per heavy atom. The van der Waals surface area contributed by atoms with Crippen LogP contribution in [0.3, 0.4) is 0 Å². The monoisotopic (exact) mass is 149 g/mol. The van der Waals surface area contributed by atoms with E-state index in [1.54, 1.807) is 0 Å². The number of ether oxygens (including phenoxy) is 1. The maximum absolute atomic E-state index is 5.33. The molecule has 7 heavy (non-hydrogen) atoms. The molecule has 1 unspecified atom stereocenters. The summed E-state index contributed by atoms with van der Waals surface area (Å²) in [6.45, 7) is 1.02. The van der Waals surface area contributed by atoms with Crippen LogP contribution in [-0.2, 0) is 23.0 Å². The summed E-state index contributed by atoms with van der Waals surface area (Å²) in [4.78, 5) is 0. The predicted octanol–water partition coefficient (Wildman–Crippen LogP) is 1.06. The van der Waals surface area contributed by atoms with Crippen molar-refractivity contribution in [2.75, 3.05) is 6.61 Å². The average Bonchev–Trinajstić information content (AvgIpc) is 1.69. The molecule has 1 atom stereocenters. The van der Waals surface area contributed by atoms with Crippen LogP contribution in [0.25, 0.3) is 0 Å². The van der Waals surface area contributed by atoms with Gasteiger partial charge in [-0.1, -0.05) is 0 Å². The minimum atomic E-state index is 0.661. The number of rotatable bonds is 0. The van der Waals surface area contributed by atoms with Crippen LogP contribution in [0.4, 0.5) is 0 Å². The summed E-state index contributed by atoms with van der Waals surface area (Å²) < 4.78 is 5.99. The topological polar surface area (TPSA) is 9.23 Å². The van der Waals surface area contributed by atoms with Crippen LogP contribution >= 0.6 is 0 Å². The van der Waals surface area contributed by atoms with E-state index in [4.69, 9.17) is 4.74 Å². The Morgan fingerprint density at radius 1 is 1.43 bits per heavy atom. The quantitative estimate of drug-likeness (QED) is 0.469. The average molecular weight is 151 g/mol. The van der Waals surface area contributed by atoms with Gasteiger partial charge < -0.3 is 0 Å². The zero-order chi connectivity index (χ0) is 5.11. The molecule has 0 aliphatic carbocycles. The van der Waals surface area contributed by atoms with Crippen molar-refractivity contribution in [1.82, 2.24) is 0 Å². The van der Waals surface area contributed by atoms with Crippen molar-refractivity contribution >= 4 is 0 Å². The third-order valence-corrected chi connectivity index (χ3v) is 2.63. The van der Waals surface area contributed by atoms with E-state index in [2.05, 4.69) is 0 Å². The molecule has 1 nitrogen and oxygen atoms in total. The normalized spacial score (nSPS) is 33.1. The fourth-order valence-corrected chi connectivity index (χ4v) is 1.76. The van der Waals surface area contributed by atoms with E-state index in [0.717, 1.165) is 6.61 Å². The van der Waals surface area contributed by atoms with Crippen LogP contribution in [0, 0.1) is 0 Å². The molecule has 0 aromatic heterocycles. The second kappa shape index (κ2) is 2.79. The molecule has 1 heterocycles. The van der Waals surface area contributed by atoms with Crippen LogP contribution in [0.15, 0.2) is 0 Å². The van der Waals surface area contributed by atoms with Crippen LogP contribution in [-0.4, -0.2) is 11.3 Å². The molecule has 0 amide bonds. The van der Waals surface area contributed by atoms with E-state index in [9.17, 15) is 0 Å². The van der Waals surface area contributed by atoms with Gasteiger partial charge >= 0.3 is 53.6 Å². The molecule has 0 spiro atoms. The summed E-state index contributed by atoms with van der Waals surface area (Å²) in [6.07, 6.45) is 4.00. The fourth-order valence-electron chi connectivity index (χ4n) is 0.807. The summed E-state index contributed by atoms with van der Waals surface area (Å²) in [7, 11) is 0. The van der Waals surface area contributed by atoms with Gasteiger partial charge in [-0.3, -0.25) is 0 Å². The summed E-state index contributed by atoms with van der Waals surface area (Å²) >= 11 is 1.32. The Hall–Kier alpha value is 0.583. The van der Waals surface area contributed by atoms with Crippen LogP contribution in [0.1, 0.15) is 19.3 Å². The molecule has 1 rings (SSSR count). The van der Waals surface area contributed by atoms with Crippen molar-refractivity contribution in [3.05, 3.63) is 0 Å². The molecule has 0 aromatic carbocycles. The molecule has 0 bridgehead atoms. The van der Waals surface area contributed by atoms with Gasteiger partial charge in [-0.05, 0) is 0 Å². The van der Waals surface area contributed by atoms with E-state index >= 15 is 0 Å². The van der Waals surface area contributed by atoms with Gasteiger partial charge in [0, 0.05) is 0 Å². The molecule has 37 valence electrons. The predicted molar refractivity (Wildman–Crippen MR) is 23.6 cm³/mol. The van der Waals surface area contributed by atoms with Gasteiger partial charge in [-0.2, -0.15) is 0 Å². The Labute approximate surface area is 54.1 Å². The Morgan fingerprint density at radius 2 is 2.29 bits per heavy atom. The zero-order valence-electron chi connectivity index (χ0n) is 4.52. The van der Waals surface area contributed by atoms with Gasteiger partial charge in [0.15, 0.2) is 0 Å². The van der Waals surface area contributed by atoms with Gasteiger partial charge in [0.05, 0.1) is 0 Å².